The van der Waals surface area contributed by atoms with Gasteiger partial charge in [0.2, 0.25) is 0 Å². The fourth-order valence-corrected chi connectivity index (χ4v) is 4.89. The zero-order valence-corrected chi connectivity index (χ0v) is 17.9. The normalized spacial score (nSPS) is 19.2. The van der Waals surface area contributed by atoms with Crippen molar-refractivity contribution in [1.29, 1.82) is 0 Å². The molecule has 0 aliphatic carbocycles. The van der Waals surface area contributed by atoms with E-state index in [0.717, 1.165) is 43.0 Å². The summed E-state index contributed by atoms with van der Waals surface area (Å²) in [5, 5.41) is 13.3. The summed E-state index contributed by atoms with van der Waals surface area (Å²) in [5.74, 6) is 1.13. The number of pyridine rings is 2. The van der Waals surface area contributed by atoms with E-state index >= 15 is 0 Å². The van der Waals surface area contributed by atoms with Crippen molar-refractivity contribution in [2.45, 2.75) is 31.8 Å². The number of hydrogen-bond donors (Lipinski definition) is 3. The number of anilines is 4. The summed E-state index contributed by atoms with van der Waals surface area (Å²) in [5.41, 5.74) is 7.46. The molecule has 0 unspecified atom stereocenters. The lowest BCUT2D eigenvalue weighted by Crippen LogP contribution is -2.31. The highest BCUT2D eigenvalue weighted by atomic mass is 32.1. The van der Waals surface area contributed by atoms with Crippen LogP contribution in [0.3, 0.4) is 0 Å². The number of carbonyl (C=O) groups is 1. The van der Waals surface area contributed by atoms with Gasteiger partial charge in [-0.1, -0.05) is 17.4 Å². The topological polar surface area (TPSA) is 120 Å². The van der Waals surface area contributed by atoms with E-state index in [1.807, 2.05) is 23.1 Å². The van der Waals surface area contributed by atoms with Gasteiger partial charge in [-0.05, 0) is 43.9 Å². The fraction of sp³-hybridized carbons (Fsp3) is 0.429. The van der Waals surface area contributed by atoms with Crippen molar-refractivity contribution < 1.29 is 9.90 Å². The van der Waals surface area contributed by atoms with Gasteiger partial charge in [-0.15, -0.1) is 0 Å². The van der Waals surface area contributed by atoms with Crippen molar-refractivity contribution in [1.82, 2.24) is 15.0 Å². The first-order chi connectivity index (χ1) is 15.1. The molecule has 2 aliphatic heterocycles. The van der Waals surface area contributed by atoms with E-state index in [-0.39, 0.29) is 12.0 Å². The van der Waals surface area contributed by atoms with Crippen LogP contribution in [0.5, 0.6) is 0 Å². The first-order valence-electron chi connectivity index (χ1n) is 10.6. The molecule has 3 aromatic heterocycles. The van der Waals surface area contributed by atoms with Crippen LogP contribution in [-0.4, -0.2) is 58.2 Å². The molecule has 3 aromatic rings. The third-order valence-electron chi connectivity index (χ3n) is 5.74. The molecule has 5 rings (SSSR count). The smallest absolute Gasteiger partial charge is 0.274 e. The van der Waals surface area contributed by atoms with Crippen molar-refractivity contribution in [3.05, 3.63) is 30.0 Å². The lowest BCUT2D eigenvalue weighted by atomic mass is 10.1. The van der Waals surface area contributed by atoms with E-state index in [0.29, 0.717) is 40.9 Å². The van der Waals surface area contributed by atoms with Crippen molar-refractivity contribution >= 4 is 50.0 Å². The molecule has 5 heterocycles. The van der Waals surface area contributed by atoms with Gasteiger partial charge in [-0.3, -0.25) is 4.79 Å². The summed E-state index contributed by atoms with van der Waals surface area (Å²) >= 11 is 1.35. The predicted molar refractivity (Wildman–Crippen MR) is 123 cm³/mol. The minimum absolute atomic E-state index is 0.293. The van der Waals surface area contributed by atoms with E-state index < -0.39 is 0 Å². The summed E-state index contributed by atoms with van der Waals surface area (Å²) in [7, 11) is 0. The maximum Gasteiger partial charge on any atom is 0.274 e. The Morgan fingerprint density at radius 2 is 1.97 bits per heavy atom. The third kappa shape index (κ3) is 4.13. The van der Waals surface area contributed by atoms with Crippen LogP contribution in [0.25, 0.3) is 10.3 Å². The highest BCUT2D eigenvalue weighted by molar-refractivity contribution is 7.22. The molecule has 2 fully saturated rings. The van der Waals surface area contributed by atoms with Gasteiger partial charge >= 0.3 is 0 Å². The Kier molecular flexibility index (Phi) is 5.33. The molecule has 4 N–H and O–H groups in total. The van der Waals surface area contributed by atoms with Crippen LogP contribution in [0.1, 0.15) is 36.2 Å². The summed E-state index contributed by atoms with van der Waals surface area (Å²) in [6, 6.07) is 7.28. The van der Waals surface area contributed by atoms with Crippen LogP contribution in [0.2, 0.25) is 0 Å². The molecule has 2 aliphatic rings. The van der Waals surface area contributed by atoms with Gasteiger partial charge in [-0.2, -0.15) is 0 Å². The summed E-state index contributed by atoms with van der Waals surface area (Å²) in [6.07, 6.45) is 3.75. The number of fused-ring (bicyclic) bond motifs is 1. The average Bonchev–Trinajstić information content (AvgIpc) is 3.38. The van der Waals surface area contributed by atoms with Gasteiger partial charge < -0.3 is 26.0 Å². The minimum Gasteiger partial charge on any atom is -0.391 e. The molecule has 9 nitrogen and oxygen atoms in total. The summed E-state index contributed by atoms with van der Waals surface area (Å²) in [6.45, 7) is 3.05. The lowest BCUT2D eigenvalue weighted by molar-refractivity contribution is 0.102. The molecule has 0 bridgehead atoms. The van der Waals surface area contributed by atoms with Gasteiger partial charge in [-0.25, -0.2) is 15.0 Å². The second kappa shape index (κ2) is 8.27. The number of nitrogens with zero attached hydrogens (tertiary/aromatic N) is 5. The van der Waals surface area contributed by atoms with E-state index in [1.165, 1.54) is 17.8 Å². The molecule has 0 radical (unpaired) electrons. The molecule has 162 valence electrons. The Morgan fingerprint density at radius 3 is 2.74 bits per heavy atom. The highest BCUT2D eigenvalue weighted by Crippen LogP contribution is 2.33. The van der Waals surface area contributed by atoms with Crippen LogP contribution < -0.4 is 20.9 Å². The van der Waals surface area contributed by atoms with Crippen LogP contribution in [-0.2, 0) is 0 Å². The van der Waals surface area contributed by atoms with Gasteiger partial charge in [0.15, 0.2) is 16.6 Å². The number of amides is 1. The molecule has 0 aromatic carbocycles. The summed E-state index contributed by atoms with van der Waals surface area (Å²) < 4.78 is 0.835. The van der Waals surface area contributed by atoms with Crippen LogP contribution in [0.4, 0.5) is 22.5 Å². The number of carbonyl (C=O) groups excluding carboxylic acids is 1. The third-order valence-corrected chi connectivity index (χ3v) is 6.56. The first kappa shape index (κ1) is 20.0. The van der Waals surface area contributed by atoms with Crippen molar-refractivity contribution in [2.24, 2.45) is 0 Å². The Hall–Kier alpha value is -2.98. The van der Waals surface area contributed by atoms with Gasteiger partial charge in [0.25, 0.3) is 5.91 Å². The number of hydrogen-bond acceptors (Lipinski definition) is 9. The Labute approximate surface area is 183 Å². The number of aliphatic hydroxyl groups is 1. The minimum atomic E-state index is -0.351. The van der Waals surface area contributed by atoms with Gasteiger partial charge in [0.05, 0.1) is 16.5 Å². The van der Waals surface area contributed by atoms with Gasteiger partial charge in [0.1, 0.15) is 11.5 Å². The standard InChI is InChI=1S/C21H25N7O2S/c22-21-26-18-16(31-21)11-15(19(25-18)27-8-2-1-3-9-27)24-20(30)14-5-4-6-17(23-14)28-10-7-13(29)12-28/h4-6,11,13,29H,1-3,7-10,12H2,(H,24,30)(H2,22,25,26)/t13-/m0/s1. The number of β-amino-alcohol motifs (C(OH)–C–C–N with tert-alkyl or cyclic N) is 1. The number of aromatic nitrogens is 3. The molecular weight excluding hydrogens is 414 g/mol. The average molecular weight is 440 g/mol. The molecule has 1 atom stereocenters. The van der Waals surface area contributed by atoms with Gasteiger partial charge in [0, 0.05) is 26.2 Å². The SMILES string of the molecule is Nc1nc2nc(N3CCCCC3)c(NC(=O)c3cccc(N4CC[C@H](O)C4)n3)cc2s1. The predicted octanol–water partition coefficient (Wildman–Crippen LogP) is 2.48. The quantitative estimate of drug-likeness (QED) is 0.567. The zero-order chi connectivity index (χ0) is 21.4. The maximum atomic E-state index is 13.1. The molecule has 31 heavy (non-hydrogen) atoms. The Bertz CT molecular complexity index is 1110. The second-order valence-electron chi connectivity index (χ2n) is 8.00. The number of aliphatic hydroxyl groups excluding tert-OH is 1. The number of rotatable bonds is 4. The van der Waals surface area contributed by atoms with E-state index in [9.17, 15) is 9.90 Å². The molecule has 0 spiro atoms. The molecule has 10 heteroatoms. The van der Waals surface area contributed by atoms with Crippen molar-refractivity contribution in [3.8, 4) is 0 Å². The molecule has 2 saturated heterocycles. The number of nitrogens with one attached hydrogen (secondary N) is 1. The number of thiazole rings is 1. The second-order valence-corrected chi connectivity index (χ2v) is 9.07. The largest absolute Gasteiger partial charge is 0.391 e. The Morgan fingerprint density at radius 1 is 1.13 bits per heavy atom. The van der Waals surface area contributed by atoms with E-state index in [2.05, 4.69) is 20.2 Å². The van der Waals surface area contributed by atoms with Crippen LogP contribution in [0.15, 0.2) is 24.3 Å². The molecule has 1 amide bonds. The van der Waals surface area contributed by atoms with E-state index in [4.69, 9.17) is 10.7 Å². The highest BCUT2D eigenvalue weighted by Gasteiger charge is 2.23. The first-order valence-corrected chi connectivity index (χ1v) is 11.4. The van der Waals surface area contributed by atoms with Crippen LogP contribution in [0, 0.1) is 0 Å². The zero-order valence-electron chi connectivity index (χ0n) is 17.1. The van der Waals surface area contributed by atoms with Crippen LogP contribution >= 0.6 is 11.3 Å². The number of piperidine rings is 1. The maximum absolute atomic E-state index is 13.1. The monoisotopic (exact) mass is 439 g/mol. The molecule has 0 saturated carbocycles. The van der Waals surface area contributed by atoms with Crippen molar-refractivity contribution in [3.63, 3.8) is 0 Å². The number of nitrogens with two attached hydrogens (primary N) is 1. The van der Waals surface area contributed by atoms with Crippen molar-refractivity contribution in [2.75, 3.05) is 47.0 Å². The molecular formula is C21H25N7O2S. The number of nitrogen functional groups attached to an aromatic ring is 1. The summed E-state index contributed by atoms with van der Waals surface area (Å²) in [4.78, 5) is 30.9. The fourth-order valence-electron chi connectivity index (χ4n) is 4.17. The lowest BCUT2D eigenvalue weighted by Gasteiger charge is -2.29. The Balaban J connectivity index is 1.44. The van der Waals surface area contributed by atoms with E-state index in [1.54, 1.807) is 6.07 Å².